The van der Waals surface area contributed by atoms with Crippen molar-refractivity contribution < 1.29 is 4.39 Å². The van der Waals surface area contributed by atoms with Crippen LogP contribution < -0.4 is 0 Å². The zero-order valence-corrected chi connectivity index (χ0v) is 10.1. The Morgan fingerprint density at radius 3 is 2.67 bits per heavy atom. The third kappa shape index (κ3) is 2.38. The van der Waals surface area contributed by atoms with Crippen LogP contribution in [0.25, 0.3) is 11.3 Å². The third-order valence-electron chi connectivity index (χ3n) is 2.68. The van der Waals surface area contributed by atoms with Crippen LogP contribution >= 0.6 is 0 Å². The van der Waals surface area contributed by atoms with Gasteiger partial charge in [0.2, 0.25) is 0 Å². The lowest BCUT2D eigenvalue weighted by Gasteiger charge is -2.05. The molecule has 0 bridgehead atoms. The van der Waals surface area contributed by atoms with Gasteiger partial charge in [0.05, 0.1) is 0 Å². The summed E-state index contributed by atoms with van der Waals surface area (Å²) in [5.74, 6) is -0.301. The maximum atomic E-state index is 12.9. The van der Waals surface area contributed by atoms with E-state index < -0.39 is 0 Å². The summed E-state index contributed by atoms with van der Waals surface area (Å²) in [6.07, 6.45) is 1.99. The molecule has 0 saturated heterocycles. The summed E-state index contributed by atoms with van der Waals surface area (Å²) in [4.78, 5) is 0. The van der Waals surface area contributed by atoms with E-state index in [-0.39, 0.29) is 11.5 Å². The zero-order chi connectivity index (χ0) is 13.0. The van der Waals surface area contributed by atoms with Crippen molar-refractivity contribution in [2.75, 3.05) is 0 Å². The van der Waals surface area contributed by atoms with Gasteiger partial charge in [0.1, 0.15) is 17.6 Å². The van der Waals surface area contributed by atoms with Gasteiger partial charge in [-0.2, -0.15) is 5.26 Å². The minimum atomic E-state index is -0.301. The third-order valence-corrected chi connectivity index (χ3v) is 2.68. The van der Waals surface area contributed by atoms with Crippen molar-refractivity contribution >= 4 is 0 Å². The highest BCUT2D eigenvalue weighted by Gasteiger charge is 2.14. The van der Waals surface area contributed by atoms with E-state index in [1.807, 2.05) is 6.07 Å². The van der Waals surface area contributed by atoms with E-state index in [0.29, 0.717) is 12.2 Å². The number of benzene rings is 1. The first-order chi connectivity index (χ1) is 8.76. The second kappa shape index (κ2) is 5.41. The average Bonchev–Trinajstić information content (AvgIpc) is 2.80. The molecule has 18 heavy (non-hydrogen) atoms. The first-order valence-corrected chi connectivity index (χ1v) is 5.85. The number of aryl methyl sites for hydroxylation is 1. The summed E-state index contributed by atoms with van der Waals surface area (Å²) < 4.78 is 14.6. The highest BCUT2D eigenvalue weighted by Crippen LogP contribution is 2.22. The average molecular weight is 244 g/mol. The Morgan fingerprint density at radius 1 is 1.33 bits per heavy atom. The number of aromatic nitrogens is 3. The molecule has 2 rings (SSSR count). The predicted molar refractivity (Wildman–Crippen MR) is 65.0 cm³/mol. The minimum Gasteiger partial charge on any atom is -0.243 e. The van der Waals surface area contributed by atoms with Gasteiger partial charge in [0.15, 0.2) is 5.69 Å². The van der Waals surface area contributed by atoms with E-state index in [1.165, 1.54) is 12.1 Å². The summed E-state index contributed by atoms with van der Waals surface area (Å²) in [5, 5.41) is 16.9. The molecule has 0 aliphatic heterocycles. The van der Waals surface area contributed by atoms with Gasteiger partial charge in [-0.15, -0.1) is 5.10 Å². The van der Waals surface area contributed by atoms with Gasteiger partial charge >= 0.3 is 0 Å². The van der Waals surface area contributed by atoms with E-state index in [1.54, 1.807) is 16.8 Å². The van der Waals surface area contributed by atoms with Crippen LogP contribution in [0.4, 0.5) is 4.39 Å². The van der Waals surface area contributed by atoms with Crippen LogP contribution in [-0.4, -0.2) is 15.0 Å². The Balaban J connectivity index is 2.44. The molecule has 0 aliphatic rings. The van der Waals surface area contributed by atoms with Crippen LogP contribution in [0.2, 0.25) is 0 Å². The van der Waals surface area contributed by atoms with E-state index >= 15 is 0 Å². The highest BCUT2D eigenvalue weighted by molar-refractivity contribution is 5.64. The molecule has 0 saturated carbocycles. The molecule has 0 spiro atoms. The second-order valence-electron chi connectivity index (χ2n) is 3.98. The molecule has 0 unspecified atom stereocenters. The Morgan fingerprint density at radius 2 is 2.06 bits per heavy atom. The summed E-state index contributed by atoms with van der Waals surface area (Å²) in [6, 6.07) is 8.03. The summed E-state index contributed by atoms with van der Waals surface area (Å²) in [5.41, 5.74) is 1.69. The van der Waals surface area contributed by atoms with Gasteiger partial charge in [-0.1, -0.05) is 18.6 Å². The number of nitriles is 1. The summed E-state index contributed by atoms with van der Waals surface area (Å²) in [7, 11) is 0. The lowest BCUT2D eigenvalue weighted by Crippen LogP contribution is -2.02. The van der Waals surface area contributed by atoms with Crippen molar-refractivity contribution in [3.63, 3.8) is 0 Å². The van der Waals surface area contributed by atoms with Crippen molar-refractivity contribution in [2.45, 2.75) is 26.3 Å². The first-order valence-electron chi connectivity index (χ1n) is 5.85. The van der Waals surface area contributed by atoms with Crippen LogP contribution in [0, 0.1) is 17.1 Å². The van der Waals surface area contributed by atoms with Gasteiger partial charge in [0, 0.05) is 12.1 Å². The molecule has 0 radical (unpaired) electrons. The normalized spacial score (nSPS) is 10.3. The molecule has 0 amide bonds. The largest absolute Gasteiger partial charge is 0.243 e. The number of hydrogen-bond donors (Lipinski definition) is 0. The van der Waals surface area contributed by atoms with Crippen LogP contribution in [0.5, 0.6) is 0 Å². The van der Waals surface area contributed by atoms with Crippen molar-refractivity contribution in [3.8, 4) is 17.3 Å². The van der Waals surface area contributed by atoms with Gasteiger partial charge in [-0.25, -0.2) is 9.07 Å². The Hall–Kier alpha value is -2.22. The van der Waals surface area contributed by atoms with Crippen LogP contribution in [0.1, 0.15) is 25.5 Å². The molecule has 1 aromatic carbocycles. The molecular formula is C13H13FN4. The van der Waals surface area contributed by atoms with Crippen LogP contribution in [-0.2, 0) is 6.54 Å². The molecule has 0 N–H and O–H groups in total. The SMILES string of the molecule is CCCCn1nnc(C#N)c1-c1ccc(F)cc1. The summed E-state index contributed by atoms with van der Waals surface area (Å²) in [6.45, 7) is 2.79. The molecule has 5 heteroatoms. The van der Waals surface area contributed by atoms with Crippen molar-refractivity contribution in [1.82, 2.24) is 15.0 Å². The molecule has 4 nitrogen and oxygen atoms in total. The highest BCUT2D eigenvalue weighted by atomic mass is 19.1. The smallest absolute Gasteiger partial charge is 0.190 e. The zero-order valence-electron chi connectivity index (χ0n) is 10.1. The number of unbranched alkanes of at least 4 members (excludes halogenated alkanes) is 1. The fraction of sp³-hybridized carbons (Fsp3) is 0.308. The fourth-order valence-corrected chi connectivity index (χ4v) is 1.75. The molecule has 0 fully saturated rings. The molecule has 1 aromatic heterocycles. The van der Waals surface area contributed by atoms with Crippen LogP contribution in [0.3, 0.4) is 0 Å². The van der Waals surface area contributed by atoms with Crippen molar-refractivity contribution in [3.05, 3.63) is 35.8 Å². The molecule has 0 atom stereocenters. The lowest BCUT2D eigenvalue weighted by atomic mass is 10.1. The fourth-order valence-electron chi connectivity index (χ4n) is 1.75. The van der Waals surface area contributed by atoms with Gasteiger partial charge < -0.3 is 0 Å². The van der Waals surface area contributed by atoms with Crippen molar-refractivity contribution in [2.24, 2.45) is 0 Å². The number of halogens is 1. The molecule has 2 aromatic rings. The van der Waals surface area contributed by atoms with Gasteiger partial charge in [0.25, 0.3) is 0 Å². The first kappa shape index (κ1) is 12.2. The number of rotatable bonds is 4. The maximum absolute atomic E-state index is 12.9. The quantitative estimate of drug-likeness (QED) is 0.831. The van der Waals surface area contributed by atoms with Crippen molar-refractivity contribution in [1.29, 1.82) is 5.26 Å². The standard InChI is InChI=1S/C13H13FN4/c1-2-3-8-18-13(12(9-15)16-17-18)10-4-6-11(14)7-5-10/h4-7H,2-3,8H2,1H3. The lowest BCUT2D eigenvalue weighted by molar-refractivity contribution is 0.557. The van der Waals surface area contributed by atoms with Crippen LogP contribution in [0.15, 0.2) is 24.3 Å². The predicted octanol–water partition coefficient (Wildman–Crippen LogP) is 2.76. The Labute approximate surface area is 105 Å². The summed E-state index contributed by atoms with van der Waals surface area (Å²) >= 11 is 0. The van der Waals surface area contributed by atoms with Gasteiger partial charge in [-0.3, -0.25) is 0 Å². The molecule has 92 valence electrons. The number of nitrogens with zero attached hydrogens (tertiary/aromatic N) is 4. The Bertz CT molecular complexity index is 566. The van der Waals surface area contributed by atoms with E-state index in [4.69, 9.17) is 5.26 Å². The monoisotopic (exact) mass is 244 g/mol. The van der Waals surface area contributed by atoms with E-state index in [9.17, 15) is 4.39 Å². The number of hydrogen-bond acceptors (Lipinski definition) is 3. The van der Waals surface area contributed by atoms with Gasteiger partial charge in [-0.05, 0) is 30.7 Å². The molecular weight excluding hydrogens is 231 g/mol. The minimum absolute atomic E-state index is 0.276. The topological polar surface area (TPSA) is 54.5 Å². The van der Waals surface area contributed by atoms with E-state index in [2.05, 4.69) is 17.2 Å². The molecule has 0 aliphatic carbocycles. The Kier molecular flexibility index (Phi) is 3.68. The second-order valence-corrected chi connectivity index (χ2v) is 3.98. The maximum Gasteiger partial charge on any atom is 0.190 e. The van der Waals surface area contributed by atoms with E-state index in [0.717, 1.165) is 18.4 Å². The molecule has 1 heterocycles.